The zero-order chi connectivity index (χ0) is 26.6. The Labute approximate surface area is 220 Å². The van der Waals surface area contributed by atoms with Crippen molar-refractivity contribution in [2.24, 2.45) is 0 Å². The number of para-hydroxylation sites is 2. The van der Waals surface area contributed by atoms with E-state index in [1.54, 1.807) is 28.4 Å². The van der Waals surface area contributed by atoms with Gasteiger partial charge in [0.05, 0.1) is 39.6 Å². The Hall–Kier alpha value is -4.72. The van der Waals surface area contributed by atoms with Crippen LogP contribution >= 0.6 is 0 Å². The quantitative estimate of drug-likeness (QED) is 0.276. The van der Waals surface area contributed by atoms with Crippen molar-refractivity contribution in [2.75, 3.05) is 35.0 Å². The fourth-order valence-corrected chi connectivity index (χ4v) is 4.68. The molecule has 0 aliphatic heterocycles. The van der Waals surface area contributed by atoms with E-state index in [0.717, 1.165) is 32.9 Å². The standard InChI is InChI=1S/C30H29N3O5/c1-35-24-13-12-18(16-26(24)37-3)14-15-31-30(34)23-17-21-19-8-5-6-10-22(19)32-28(21)27(33-23)20-9-7-11-25(36-2)29(20)38-4/h5-13,16-17,32H,14-15H2,1-4H3,(H,31,34). The van der Waals surface area contributed by atoms with Crippen molar-refractivity contribution in [1.82, 2.24) is 15.3 Å². The predicted molar refractivity (Wildman–Crippen MR) is 148 cm³/mol. The maximum atomic E-state index is 13.3. The second-order valence-corrected chi connectivity index (χ2v) is 8.69. The van der Waals surface area contributed by atoms with Gasteiger partial charge in [0.25, 0.3) is 5.91 Å². The van der Waals surface area contributed by atoms with Crippen LogP contribution in [-0.2, 0) is 6.42 Å². The van der Waals surface area contributed by atoms with Crippen LogP contribution < -0.4 is 24.3 Å². The summed E-state index contributed by atoms with van der Waals surface area (Å²) in [6.07, 6.45) is 0.623. The maximum absolute atomic E-state index is 13.3. The third-order valence-electron chi connectivity index (χ3n) is 6.53. The van der Waals surface area contributed by atoms with Crippen LogP contribution in [0.4, 0.5) is 0 Å². The number of hydrogen-bond acceptors (Lipinski definition) is 6. The lowest BCUT2D eigenvalue weighted by atomic mass is 10.0. The van der Waals surface area contributed by atoms with Crippen LogP contribution in [0.5, 0.6) is 23.0 Å². The fraction of sp³-hybridized carbons (Fsp3) is 0.200. The number of amides is 1. The van der Waals surface area contributed by atoms with Crippen LogP contribution in [0.25, 0.3) is 33.1 Å². The van der Waals surface area contributed by atoms with Crippen molar-refractivity contribution in [3.05, 3.63) is 78.0 Å². The summed E-state index contributed by atoms with van der Waals surface area (Å²) in [6.45, 7) is 0.430. The first kappa shape index (κ1) is 25.0. The van der Waals surface area contributed by atoms with Crippen LogP contribution in [0.3, 0.4) is 0 Å². The van der Waals surface area contributed by atoms with E-state index in [1.165, 1.54) is 0 Å². The van der Waals surface area contributed by atoms with Crippen molar-refractivity contribution in [1.29, 1.82) is 0 Å². The van der Waals surface area contributed by atoms with Gasteiger partial charge < -0.3 is 29.2 Å². The molecule has 5 rings (SSSR count). The molecule has 0 unspecified atom stereocenters. The second-order valence-electron chi connectivity index (χ2n) is 8.69. The van der Waals surface area contributed by atoms with Gasteiger partial charge in [-0.25, -0.2) is 4.98 Å². The van der Waals surface area contributed by atoms with Crippen molar-refractivity contribution in [3.8, 4) is 34.3 Å². The number of pyridine rings is 1. The average molecular weight is 512 g/mol. The van der Waals surface area contributed by atoms with Gasteiger partial charge in [0.15, 0.2) is 23.0 Å². The van der Waals surface area contributed by atoms with E-state index in [9.17, 15) is 4.79 Å². The van der Waals surface area contributed by atoms with Crippen LogP contribution in [0, 0.1) is 0 Å². The highest BCUT2D eigenvalue weighted by atomic mass is 16.5. The SMILES string of the molecule is COc1ccc(CCNC(=O)c2cc3c([nH]c4ccccc43)c(-c3cccc(OC)c3OC)n2)cc1OC. The second kappa shape index (κ2) is 10.7. The summed E-state index contributed by atoms with van der Waals surface area (Å²) < 4.78 is 21.9. The Kier molecular flexibility index (Phi) is 7.04. The third-order valence-corrected chi connectivity index (χ3v) is 6.53. The van der Waals surface area contributed by atoms with E-state index in [0.29, 0.717) is 47.4 Å². The molecule has 194 valence electrons. The lowest BCUT2D eigenvalue weighted by Crippen LogP contribution is -2.26. The van der Waals surface area contributed by atoms with E-state index in [4.69, 9.17) is 23.9 Å². The minimum absolute atomic E-state index is 0.263. The zero-order valence-electron chi connectivity index (χ0n) is 21.8. The number of nitrogens with one attached hydrogen (secondary N) is 2. The molecule has 0 atom stereocenters. The molecule has 0 spiro atoms. The van der Waals surface area contributed by atoms with Gasteiger partial charge in [0, 0.05) is 28.4 Å². The molecule has 8 heteroatoms. The van der Waals surface area contributed by atoms with Crippen molar-refractivity contribution in [2.45, 2.75) is 6.42 Å². The van der Waals surface area contributed by atoms with Crippen LogP contribution in [0.15, 0.2) is 66.7 Å². The molecule has 0 bridgehead atoms. The van der Waals surface area contributed by atoms with Crippen molar-refractivity contribution < 1.29 is 23.7 Å². The highest BCUT2D eigenvalue weighted by Gasteiger charge is 2.21. The molecule has 0 fully saturated rings. The molecule has 0 aliphatic carbocycles. The number of aromatic nitrogens is 2. The summed E-state index contributed by atoms with van der Waals surface area (Å²) in [4.78, 5) is 21.6. The highest BCUT2D eigenvalue weighted by molar-refractivity contribution is 6.13. The molecule has 3 aromatic carbocycles. The Balaban J connectivity index is 1.51. The van der Waals surface area contributed by atoms with Gasteiger partial charge in [-0.3, -0.25) is 4.79 Å². The molecule has 0 saturated heterocycles. The van der Waals surface area contributed by atoms with Crippen molar-refractivity contribution in [3.63, 3.8) is 0 Å². The molecule has 2 N–H and O–H groups in total. The number of carbonyl (C=O) groups excluding carboxylic acids is 1. The molecule has 8 nitrogen and oxygen atoms in total. The van der Waals surface area contributed by atoms with Gasteiger partial charge >= 0.3 is 0 Å². The van der Waals surface area contributed by atoms with Gasteiger partial charge in [-0.15, -0.1) is 0 Å². The summed E-state index contributed by atoms with van der Waals surface area (Å²) >= 11 is 0. The molecular weight excluding hydrogens is 482 g/mol. The largest absolute Gasteiger partial charge is 0.493 e. The minimum atomic E-state index is -0.263. The van der Waals surface area contributed by atoms with Gasteiger partial charge in [0.1, 0.15) is 5.69 Å². The summed E-state index contributed by atoms with van der Waals surface area (Å²) in [7, 11) is 6.39. The van der Waals surface area contributed by atoms with Gasteiger partial charge in [-0.05, 0) is 48.4 Å². The van der Waals surface area contributed by atoms with Crippen LogP contribution in [-0.4, -0.2) is 50.9 Å². The Morgan fingerprint density at radius 2 is 1.61 bits per heavy atom. The van der Waals surface area contributed by atoms with E-state index in [-0.39, 0.29) is 5.91 Å². The molecular formula is C30H29N3O5. The number of H-pyrrole nitrogens is 1. The zero-order valence-corrected chi connectivity index (χ0v) is 21.8. The monoisotopic (exact) mass is 511 g/mol. The number of fused-ring (bicyclic) bond motifs is 3. The normalized spacial score (nSPS) is 10.9. The molecule has 38 heavy (non-hydrogen) atoms. The number of benzene rings is 3. The summed E-state index contributed by atoms with van der Waals surface area (Å²) in [5.41, 5.74) is 4.44. The van der Waals surface area contributed by atoms with E-state index < -0.39 is 0 Å². The van der Waals surface area contributed by atoms with Crippen LogP contribution in [0.1, 0.15) is 16.1 Å². The number of methoxy groups -OCH3 is 4. The number of ether oxygens (including phenoxy) is 4. The van der Waals surface area contributed by atoms with E-state index >= 15 is 0 Å². The predicted octanol–water partition coefficient (Wildman–Crippen LogP) is 5.39. The minimum Gasteiger partial charge on any atom is -0.493 e. The lowest BCUT2D eigenvalue weighted by Gasteiger charge is -2.14. The molecule has 2 heterocycles. The van der Waals surface area contributed by atoms with Gasteiger partial charge in [-0.2, -0.15) is 0 Å². The lowest BCUT2D eigenvalue weighted by molar-refractivity contribution is 0.0949. The van der Waals surface area contributed by atoms with Gasteiger partial charge in [-0.1, -0.05) is 30.3 Å². The molecule has 1 amide bonds. The molecule has 2 aromatic heterocycles. The van der Waals surface area contributed by atoms with Crippen LogP contribution in [0.2, 0.25) is 0 Å². The fourth-order valence-electron chi connectivity index (χ4n) is 4.68. The van der Waals surface area contributed by atoms with E-state index in [2.05, 4.69) is 10.3 Å². The Morgan fingerprint density at radius 1 is 0.816 bits per heavy atom. The van der Waals surface area contributed by atoms with Gasteiger partial charge in [0.2, 0.25) is 0 Å². The number of carbonyl (C=O) groups is 1. The highest BCUT2D eigenvalue weighted by Crippen LogP contribution is 2.41. The Bertz CT molecular complexity index is 1630. The molecule has 0 aliphatic rings. The summed E-state index contributed by atoms with van der Waals surface area (Å²) in [6, 6.07) is 21.1. The number of aromatic amines is 1. The van der Waals surface area contributed by atoms with Crippen molar-refractivity contribution >= 4 is 27.7 Å². The summed E-state index contributed by atoms with van der Waals surface area (Å²) in [5.74, 6) is 2.19. The van der Waals surface area contributed by atoms with E-state index in [1.807, 2.05) is 66.7 Å². The number of hydrogen-bond donors (Lipinski definition) is 2. The molecule has 5 aromatic rings. The topological polar surface area (TPSA) is 94.7 Å². The first-order valence-electron chi connectivity index (χ1n) is 12.2. The first-order valence-corrected chi connectivity index (χ1v) is 12.2. The third kappa shape index (κ3) is 4.56. The summed E-state index contributed by atoms with van der Waals surface area (Å²) in [5, 5.41) is 4.92. The smallest absolute Gasteiger partial charge is 0.269 e. The maximum Gasteiger partial charge on any atom is 0.269 e. The first-order chi connectivity index (χ1) is 18.6. The molecule has 0 saturated carbocycles. The Morgan fingerprint density at radius 3 is 2.37 bits per heavy atom. The average Bonchev–Trinajstić information content (AvgIpc) is 3.34. The molecule has 0 radical (unpaired) electrons. The number of nitrogens with zero attached hydrogens (tertiary/aromatic N) is 1. The number of rotatable bonds is 9.